The number of ether oxygens (including phenoxy) is 1. The maximum atomic E-state index is 14.1. The summed E-state index contributed by atoms with van der Waals surface area (Å²) in [6, 6.07) is 9.04. The highest BCUT2D eigenvalue weighted by Gasteiger charge is 2.10. The van der Waals surface area contributed by atoms with Crippen LogP contribution in [0.5, 0.6) is 5.75 Å². The lowest BCUT2D eigenvalue weighted by atomic mass is 10.2. The second-order valence-electron chi connectivity index (χ2n) is 5.05. The number of amides is 1. The van der Waals surface area contributed by atoms with Crippen molar-refractivity contribution in [2.24, 2.45) is 0 Å². The number of rotatable bonds is 5. The predicted octanol–water partition coefficient (Wildman–Crippen LogP) is 4.34. The average Bonchev–Trinajstić information content (AvgIpc) is 3.10. The Balaban J connectivity index is 1.63. The molecule has 1 heterocycles. The molecule has 0 aliphatic heterocycles. The first kappa shape index (κ1) is 17.3. The van der Waals surface area contributed by atoms with Gasteiger partial charge in [0.25, 0.3) is 5.91 Å². The van der Waals surface area contributed by atoms with Crippen molar-refractivity contribution in [3.05, 3.63) is 71.0 Å². The van der Waals surface area contributed by atoms with E-state index in [-0.39, 0.29) is 6.61 Å². The molecule has 0 radical (unpaired) electrons. The predicted molar refractivity (Wildman–Crippen MR) is 94.1 cm³/mol. The molecule has 8 heteroatoms. The third kappa shape index (κ3) is 4.29. The minimum absolute atomic E-state index is 0.287. The monoisotopic (exact) mass is 379 g/mol. The summed E-state index contributed by atoms with van der Waals surface area (Å²) in [6.07, 6.45) is 4.66. The number of hydrogen-bond acceptors (Lipinski definition) is 3. The number of nitrogens with zero attached hydrogens (tertiary/aromatic N) is 2. The summed E-state index contributed by atoms with van der Waals surface area (Å²) >= 11 is 11.8. The summed E-state index contributed by atoms with van der Waals surface area (Å²) in [5.41, 5.74) is 0.643. The van der Waals surface area contributed by atoms with E-state index in [1.165, 1.54) is 23.0 Å². The molecule has 3 aromatic rings. The molecule has 5 nitrogen and oxygen atoms in total. The Labute approximate surface area is 153 Å². The van der Waals surface area contributed by atoms with Gasteiger partial charge in [0.2, 0.25) is 0 Å². The summed E-state index contributed by atoms with van der Waals surface area (Å²) in [6.45, 7) is -0.287. The topological polar surface area (TPSA) is 56.1 Å². The Morgan fingerprint density at radius 3 is 2.80 bits per heavy atom. The van der Waals surface area contributed by atoms with Crippen LogP contribution >= 0.6 is 23.2 Å². The lowest BCUT2D eigenvalue weighted by Gasteiger charge is -2.10. The van der Waals surface area contributed by atoms with Gasteiger partial charge in [-0.2, -0.15) is 0 Å². The van der Waals surface area contributed by atoms with Crippen molar-refractivity contribution in [1.29, 1.82) is 0 Å². The van der Waals surface area contributed by atoms with E-state index < -0.39 is 11.7 Å². The summed E-state index contributed by atoms with van der Waals surface area (Å²) < 4.78 is 21.0. The van der Waals surface area contributed by atoms with E-state index in [9.17, 15) is 9.18 Å². The van der Waals surface area contributed by atoms with Crippen LogP contribution in [0.1, 0.15) is 0 Å². The molecule has 25 heavy (non-hydrogen) atoms. The van der Waals surface area contributed by atoms with Crippen LogP contribution in [0.15, 0.2) is 55.1 Å². The molecule has 0 bridgehead atoms. The Kier molecular flexibility index (Phi) is 5.21. The van der Waals surface area contributed by atoms with E-state index in [1.54, 1.807) is 36.7 Å². The molecule has 2 aromatic carbocycles. The number of hydrogen-bond donors (Lipinski definition) is 1. The van der Waals surface area contributed by atoms with Crippen LogP contribution in [0.4, 0.5) is 10.1 Å². The van der Waals surface area contributed by atoms with Gasteiger partial charge in [0.1, 0.15) is 11.6 Å². The zero-order chi connectivity index (χ0) is 17.8. The van der Waals surface area contributed by atoms with E-state index in [2.05, 4.69) is 10.3 Å². The number of nitrogens with one attached hydrogen (secondary N) is 1. The van der Waals surface area contributed by atoms with Crippen molar-refractivity contribution in [3.8, 4) is 11.4 Å². The SMILES string of the molecule is O=C(COc1cc(Cl)ccc1Cl)Nc1ccc(-n2ccnc2)c(F)c1. The summed E-state index contributed by atoms with van der Waals surface area (Å²) in [7, 11) is 0. The molecular formula is C17H12Cl2FN3O2. The van der Waals surface area contributed by atoms with Crippen LogP contribution in [0.25, 0.3) is 5.69 Å². The third-order valence-corrected chi connectivity index (χ3v) is 3.81. The summed E-state index contributed by atoms with van der Waals surface area (Å²) in [4.78, 5) is 15.8. The molecule has 1 aromatic heterocycles. The highest BCUT2D eigenvalue weighted by molar-refractivity contribution is 6.34. The fourth-order valence-electron chi connectivity index (χ4n) is 2.12. The van der Waals surface area contributed by atoms with Crippen LogP contribution in [-0.2, 0) is 4.79 Å². The van der Waals surface area contributed by atoms with Crippen LogP contribution in [0.3, 0.4) is 0 Å². The van der Waals surface area contributed by atoms with Crippen molar-refractivity contribution >= 4 is 34.8 Å². The molecule has 1 amide bonds. The number of benzene rings is 2. The Hall–Kier alpha value is -2.57. The number of imidazole rings is 1. The highest BCUT2D eigenvalue weighted by atomic mass is 35.5. The first-order valence-electron chi connectivity index (χ1n) is 7.18. The molecule has 0 aliphatic rings. The van der Waals surface area contributed by atoms with Gasteiger partial charge < -0.3 is 14.6 Å². The zero-order valence-corrected chi connectivity index (χ0v) is 14.3. The van der Waals surface area contributed by atoms with Crippen molar-refractivity contribution in [1.82, 2.24) is 9.55 Å². The van der Waals surface area contributed by atoms with Crippen molar-refractivity contribution < 1.29 is 13.9 Å². The normalized spacial score (nSPS) is 10.5. The molecule has 0 spiro atoms. The summed E-state index contributed by atoms with van der Waals surface area (Å²) in [5.74, 6) is -0.647. The van der Waals surface area contributed by atoms with Gasteiger partial charge in [-0.3, -0.25) is 4.79 Å². The first-order valence-corrected chi connectivity index (χ1v) is 7.94. The van der Waals surface area contributed by atoms with Gasteiger partial charge in [-0.15, -0.1) is 0 Å². The lowest BCUT2D eigenvalue weighted by molar-refractivity contribution is -0.118. The second kappa shape index (κ2) is 7.55. The van der Waals surface area contributed by atoms with Crippen LogP contribution in [0, 0.1) is 5.82 Å². The minimum Gasteiger partial charge on any atom is -0.482 e. The fraction of sp³-hybridized carbons (Fsp3) is 0.0588. The Bertz CT molecular complexity index is 901. The molecule has 0 aliphatic carbocycles. The number of anilines is 1. The maximum Gasteiger partial charge on any atom is 0.262 e. The van der Waals surface area contributed by atoms with Crippen LogP contribution in [0.2, 0.25) is 10.0 Å². The van der Waals surface area contributed by atoms with Crippen molar-refractivity contribution in [2.45, 2.75) is 0 Å². The molecule has 0 atom stereocenters. The molecular weight excluding hydrogens is 368 g/mol. The third-order valence-electron chi connectivity index (χ3n) is 3.27. The number of halogens is 3. The van der Waals surface area contributed by atoms with Gasteiger partial charge in [0.05, 0.1) is 17.0 Å². The highest BCUT2D eigenvalue weighted by Crippen LogP contribution is 2.27. The van der Waals surface area contributed by atoms with Crippen molar-refractivity contribution in [2.75, 3.05) is 11.9 Å². The van der Waals surface area contributed by atoms with E-state index in [1.807, 2.05) is 0 Å². The standard InChI is InChI=1S/C17H12Cl2FN3O2/c18-11-1-3-13(19)16(7-11)25-9-17(24)22-12-2-4-15(14(20)8-12)23-6-5-21-10-23/h1-8,10H,9H2,(H,22,24). The first-order chi connectivity index (χ1) is 12.0. The van der Waals surface area contributed by atoms with Gasteiger partial charge in [-0.05, 0) is 30.3 Å². The molecule has 0 unspecified atom stereocenters. The largest absolute Gasteiger partial charge is 0.482 e. The van der Waals surface area contributed by atoms with E-state index in [0.717, 1.165) is 0 Å². The molecule has 0 saturated heterocycles. The smallest absolute Gasteiger partial charge is 0.262 e. The lowest BCUT2D eigenvalue weighted by Crippen LogP contribution is -2.20. The van der Waals surface area contributed by atoms with E-state index >= 15 is 0 Å². The minimum atomic E-state index is -0.491. The number of carbonyl (C=O) groups is 1. The molecule has 3 rings (SSSR count). The van der Waals surface area contributed by atoms with Gasteiger partial charge >= 0.3 is 0 Å². The van der Waals surface area contributed by atoms with Gasteiger partial charge in [0.15, 0.2) is 6.61 Å². The summed E-state index contributed by atoms with van der Waals surface area (Å²) in [5, 5.41) is 3.34. The number of carbonyl (C=O) groups excluding carboxylic acids is 1. The number of aromatic nitrogens is 2. The van der Waals surface area contributed by atoms with Crippen molar-refractivity contribution in [3.63, 3.8) is 0 Å². The molecule has 0 saturated carbocycles. The Morgan fingerprint density at radius 1 is 1.24 bits per heavy atom. The molecule has 128 valence electrons. The van der Waals surface area contributed by atoms with Crippen LogP contribution < -0.4 is 10.1 Å². The molecule has 1 N–H and O–H groups in total. The van der Waals surface area contributed by atoms with E-state index in [4.69, 9.17) is 27.9 Å². The van der Waals surface area contributed by atoms with Gasteiger partial charge in [0, 0.05) is 29.2 Å². The van der Waals surface area contributed by atoms with Gasteiger partial charge in [-0.1, -0.05) is 23.2 Å². The van der Waals surface area contributed by atoms with Crippen LogP contribution in [-0.4, -0.2) is 22.1 Å². The zero-order valence-electron chi connectivity index (χ0n) is 12.7. The fourth-order valence-corrected chi connectivity index (χ4v) is 2.46. The average molecular weight is 380 g/mol. The Morgan fingerprint density at radius 2 is 2.08 bits per heavy atom. The second-order valence-corrected chi connectivity index (χ2v) is 5.89. The quantitative estimate of drug-likeness (QED) is 0.717. The molecule has 0 fully saturated rings. The maximum absolute atomic E-state index is 14.1. The van der Waals surface area contributed by atoms with E-state index in [0.29, 0.717) is 27.2 Å². The van der Waals surface area contributed by atoms with Gasteiger partial charge in [-0.25, -0.2) is 9.37 Å².